The number of oxazole rings is 1. The molecule has 0 aliphatic heterocycles. The molecule has 1 unspecified atom stereocenters. The number of carboxylic acid groups (broad SMARTS) is 1. The molecule has 0 aliphatic carbocycles. The van der Waals surface area contributed by atoms with Crippen LogP contribution < -0.4 is 5.76 Å². The van der Waals surface area contributed by atoms with Crippen molar-refractivity contribution in [3.05, 3.63) is 34.3 Å². The molecule has 0 bridgehead atoms. The van der Waals surface area contributed by atoms with E-state index in [4.69, 9.17) is 9.52 Å². The molecule has 0 saturated heterocycles. The largest absolute Gasteiger partial charge is 0.481 e. The number of carboxylic acids is 1. The van der Waals surface area contributed by atoms with E-state index in [1.54, 1.807) is 25.1 Å². The lowest BCUT2D eigenvalue weighted by atomic mass is 9.97. The summed E-state index contributed by atoms with van der Waals surface area (Å²) in [6.07, 6.45) is 0.103. The minimum Gasteiger partial charge on any atom is -0.481 e. The van der Waals surface area contributed by atoms with Crippen LogP contribution in [0.5, 0.6) is 0 Å². The van der Waals surface area contributed by atoms with Gasteiger partial charge in [0.1, 0.15) is 0 Å². The van der Waals surface area contributed by atoms with Crippen LogP contribution in [0, 0.1) is 5.92 Å². The maximum atomic E-state index is 12.1. The van der Waals surface area contributed by atoms with Gasteiger partial charge in [0.2, 0.25) is 0 Å². The van der Waals surface area contributed by atoms with Crippen molar-refractivity contribution < 1.29 is 19.1 Å². The van der Waals surface area contributed by atoms with Crippen LogP contribution in [0.1, 0.15) is 37.0 Å². The van der Waals surface area contributed by atoms with Crippen LogP contribution in [0.15, 0.2) is 27.4 Å². The number of aryl methyl sites for hydroxylation is 1. The lowest BCUT2D eigenvalue weighted by Gasteiger charge is -2.07. The van der Waals surface area contributed by atoms with Crippen LogP contribution in [0.4, 0.5) is 0 Å². The molecule has 0 saturated carbocycles. The molecule has 0 spiro atoms. The highest BCUT2D eigenvalue weighted by Gasteiger charge is 2.16. The Morgan fingerprint density at radius 2 is 2.05 bits per heavy atom. The van der Waals surface area contributed by atoms with Crippen molar-refractivity contribution in [1.29, 1.82) is 0 Å². The van der Waals surface area contributed by atoms with Crippen molar-refractivity contribution >= 4 is 22.9 Å². The first-order valence-corrected chi connectivity index (χ1v) is 6.80. The fourth-order valence-electron chi connectivity index (χ4n) is 2.34. The molecule has 2 aromatic rings. The van der Waals surface area contributed by atoms with Crippen LogP contribution in [0.3, 0.4) is 0 Å². The van der Waals surface area contributed by atoms with E-state index in [1.807, 2.05) is 6.92 Å². The van der Waals surface area contributed by atoms with Crippen molar-refractivity contribution in [3.63, 3.8) is 0 Å². The average molecular weight is 291 g/mol. The van der Waals surface area contributed by atoms with Gasteiger partial charge in [0, 0.05) is 24.9 Å². The first-order chi connectivity index (χ1) is 9.92. The van der Waals surface area contributed by atoms with Gasteiger partial charge in [0.25, 0.3) is 0 Å². The minimum atomic E-state index is -0.920. The predicted molar refractivity (Wildman–Crippen MR) is 76.5 cm³/mol. The molecule has 21 heavy (non-hydrogen) atoms. The summed E-state index contributed by atoms with van der Waals surface area (Å²) in [7, 11) is 0. The maximum absolute atomic E-state index is 12.1. The standard InChI is InChI=1S/C15H17NO5/c1-3-16-11-5-4-10(8-13(11)21-15(16)20)12(17)6-9(2)7-14(18)19/h4-5,8-9H,3,6-7H2,1-2H3,(H,18,19). The Labute approximate surface area is 121 Å². The van der Waals surface area contributed by atoms with E-state index in [9.17, 15) is 14.4 Å². The molecule has 1 heterocycles. The van der Waals surface area contributed by atoms with E-state index in [2.05, 4.69) is 0 Å². The van der Waals surface area contributed by atoms with Gasteiger partial charge in [-0.2, -0.15) is 0 Å². The second kappa shape index (κ2) is 5.95. The molecule has 0 amide bonds. The normalized spacial score (nSPS) is 12.5. The number of carbonyl (C=O) groups excluding carboxylic acids is 1. The molecule has 0 fully saturated rings. The number of nitrogens with zero attached hydrogens (tertiary/aromatic N) is 1. The number of Topliss-reactive ketones (excluding diaryl/α,β-unsaturated/α-hetero) is 1. The molecule has 1 aromatic heterocycles. The van der Waals surface area contributed by atoms with E-state index < -0.39 is 11.7 Å². The zero-order chi connectivity index (χ0) is 15.6. The van der Waals surface area contributed by atoms with Crippen molar-refractivity contribution in [3.8, 4) is 0 Å². The third kappa shape index (κ3) is 3.21. The van der Waals surface area contributed by atoms with Crippen LogP contribution in [0.2, 0.25) is 0 Å². The highest BCUT2D eigenvalue weighted by Crippen LogP contribution is 2.18. The molecule has 0 aliphatic rings. The summed E-state index contributed by atoms with van der Waals surface area (Å²) in [5.41, 5.74) is 1.45. The molecular formula is C15H17NO5. The molecular weight excluding hydrogens is 274 g/mol. The Morgan fingerprint density at radius 1 is 1.33 bits per heavy atom. The summed E-state index contributed by atoms with van der Waals surface area (Å²) >= 11 is 0. The number of benzene rings is 1. The SMILES string of the molecule is CCn1c(=O)oc2cc(C(=O)CC(C)CC(=O)O)ccc21. The summed E-state index contributed by atoms with van der Waals surface area (Å²) < 4.78 is 6.59. The monoisotopic (exact) mass is 291 g/mol. The zero-order valence-corrected chi connectivity index (χ0v) is 12.0. The Bertz CT molecular complexity index is 740. The first-order valence-electron chi connectivity index (χ1n) is 6.80. The molecule has 6 heteroatoms. The van der Waals surface area contributed by atoms with Gasteiger partial charge in [0.15, 0.2) is 11.4 Å². The number of hydrogen-bond donors (Lipinski definition) is 1. The highest BCUT2D eigenvalue weighted by atomic mass is 16.4. The maximum Gasteiger partial charge on any atom is 0.419 e. The second-order valence-corrected chi connectivity index (χ2v) is 5.13. The predicted octanol–water partition coefficient (Wildman–Crippen LogP) is 2.30. The fourth-order valence-corrected chi connectivity index (χ4v) is 2.34. The summed E-state index contributed by atoms with van der Waals surface area (Å²) in [6.45, 7) is 4.05. The number of hydrogen-bond acceptors (Lipinski definition) is 4. The summed E-state index contributed by atoms with van der Waals surface area (Å²) in [5, 5.41) is 8.71. The van der Waals surface area contributed by atoms with Crippen molar-refractivity contribution in [2.24, 2.45) is 5.92 Å². The molecule has 2 rings (SSSR count). The second-order valence-electron chi connectivity index (χ2n) is 5.13. The smallest absolute Gasteiger partial charge is 0.419 e. The van der Waals surface area contributed by atoms with Crippen molar-refractivity contribution in [2.45, 2.75) is 33.2 Å². The summed E-state index contributed by atoms with van der Waals surface area (Å²) in [4.78, 5) is 34.3. The Hall–Kier alpha value is -2.37. The molecule has 1 N–H and O–H groups in total. The number of rotatable bonds is 6. The van der Waals surface area contributed by atoms with Gasteiger partial charge in [-0.05, 0) is 31.0 Å². The van der Waals surface area contributed by atoms with Gasteiger partial charge in [-0.3, -0.25) is 14.2 Å². The van der Waals surface area contributed by atoms with E-state index in [1.165, 1.54) is 4.57 Å². The topological polar surface area (TPSA) is 89.5 Å². The molecule has 6 nitrogen and oxygen atoms in total. The highest BCUT2D eigenvalue weighted by molar-refractivity contribution is 5.98. The van der Waals surface area contributed by atoms with Gasteiger partial charge < -0.3 is 9.52 Å². The number of carbonyl (C=O) groups is 2. The Kier molecular flexibility index (Phi) is 4.26. The van der Waals surface area contributed by atoms with Crippen LogP contribution in [-0.2, 0) is 11.3 Å². The summed E-state index contributed by atoms with van der Waals surface area (Å²) in [6, 6.07) is 4.86. The molecule has 0 radical (unpaired) electrons. The summed E-state index contributed by atoms with van der Waals surface area (Å²) in [5.74, 6) is -1.76. The van der Waals surface area contributed by atoms with Gasteiger partial charge in [-0.15, -0.1) is 0 Å². The third-order valence-corrected chi connectivity index (χ3v) is 3.36. The van der Waals surface area contributed by atoms with E-state index in [0.29, 0.717) is 23.2 Å². The number of aromatic nitrogens is 1. The molecule has 1 atom stereocenters. The van der Waals surface area contributed by atoms with E-state index in [0.717, 1.165) is 0 Å². The third-order valence-electron chi connectivity index (χ3n) is 3.36. The van der Waals surface area contributed by atoms with Gasteiger partial charge in [-0.25, -0.2) is 4.79 Å². The number of fused-ring (bicyclic) bond motifs is 1. The van der Waals surface area contributed by atoms with Gasteiger partial charge >= 0.3 is 11.7 Å². The molecule has 112 valence electrons. The Balaban J connectivity index is 2.25. The van der Waals surface area contributed by atoms with Crippen LogP contribution >= 0.6 is 0 Å². The minimum absolute atomic E-state index is 0.0464. The van der Waals surface area contributed by atoms with Crippen LogP contribution in [-0.4, -0.2) is 21.4 Å². The van der Waals surface area contributed by atoms with E-state index in [-0.39, 0.29) is 24.5 Å². The number of ketones is 1. The number of aliphatic carboxylic acids is 1. The lowest BCUT2D eigenvalue weighted by molar-refractivity contribution is -0.137. The van der Waals surface area contributed by atoms with Crippen molar-refractivity contribution in [1.82, 2.24) is 4.57 Å². The van der Waals surface area contributed by atoms with Crippen molar-refractivity contribution in [2.75, 3.05) is 0 Å². The fraction of sp³-hybridized carbons (Fsp3) is 0.400. The van der Waals surface area contributed by atoms with Gasteiger partial charge in [-0.1, -0.05) is 6.92 Å². The zero-order valence-electron chi connectivity index (χ0n) is 12.0. The average Bonchev–Trinajstić information content (AvgIpc) is 2.71. The Morgan fingerprint density at radius 3 is 2.67 bits per heavy atom. The quantitative estimate of drug-likeness (QED) is 0.825. The molecule has 1 aromatic carbocycles. The lowest BCUT2D eigenvalue weighted by Crippen LogP contribution is -2.12. The van der Waals surface area contributed by atoms with Gasteiger partial charge in [0.05, 0.1) is 5.52 Å². The van der Waals surface area contributed by atoms with E-state index >= 15 is 0 Å². The first kappa shape index (κ1) is 15.0. The van der Waals surface area contributed by atoms with Crippen LogP contribution in [0.25, 0.3) is 11.1 Å².